The number of Topliss-reactive ketones (excluding diaryl/α,β-unsaturated/α-hetero) is 1. The normalized spacial score (nSPS) is 24.5. The lowest BCUT2D eigenvalue weighted by Gasteiger charge is -2.26. The number of carbonyl (C=O) groups is 3. The number of ketones is 1. The van der Waals surface area contributed by atoms with Gasteiger partial charge in [0.15, 0.2) is 6.17 Å². The minimum absolute atomic E-state index is 0.338. The van der Waals surface area contributed by atoms with Gasteiger partial charge in [0.2, 0.25) is 0 Å². The third-order valence-electron chi connectivity index (χ3n) is 5.15. The van der Waals surface area contributed by atoms with Crippen molar-refractivity contribution < 1.29 is 23.6 Å². The summed E-state index contributed by atoms with van der Waals surface area (Å²) < 4.78 is 15.4. The molecule has 3 aliphatic rings. The Bertz CT molecular complexity index is 929. The van der Waals surface area contributed by atoms with Gasteiger partial charge in [-0.15, -0.1) is 0 Å². The van der Waals surface area contributed by atoms with E-state index < -0.39 is 29.5 Å². The first-order chi connectivity index (χ1) is 13.8. The van der Waals surface area contributed by atoms with Crippen LogP contribution in [-0.4, -0.2) is 40.5 Å². The minimum Gasteiger partial charge on any atom is -0.392 e. The number of nitrogens with zero attached hydrogens (tertiary/aromatic N) is 3. The maximum atomic E-state index is 15.4. The third kappa shape index (κ3) is 3.62. The monoisotopic (exact) mass is 419 g/mol. The number of amides is 2. The number of hydrogen-bond acceptors (Lipinski definition) is 6. The molecule has 0 spiro atoms. The fourth-order valence-electron chi connectivity index (χ4n) is 3.36. The van der Waals surface area contributed by atoms with Gasteiger partial charge in [0.25, 0.3) is 17.6 Å². The number of carbonyl (C=O) groups excluding carboxylic acids is 3. The molecule has 0 saturated carbocycles. The van der Waals surface area contributed by atoms with Gasteiger partial charge in [-0.2, -0.15) is 5.26 Å². The van der Waals surface area contributed by atoms with Crippen LogP contribution in [0.2, 0.25) is 0 Å². The van der Waals surface area contributed by atoms with E-state index in [1.54, 1.807) is 6.92 Å². The van der Waals surface area contributed by atoms with Crippen LogP contribution < -0.4 is 0 Å². The van der Waals surface area contributed by atoms with Crippen molar-refractivity contribution >= 4 is 34.9 Å². The molecule has 0 aromatic heterocycles. The number of halogens is 2. The number of nitriles is 1. The maximum Gasteiger partial charge on any atom is 0.263 e. The molecule has 0 aromatic rings. The van der Waals surface area contributed by atoms with E-state index in [1.807, 2.05) is 6.92 Å². The number of alkyl halides is 1. The van der Waals surface area contributed by atoms with Crippen molar-refractivity contribution in [2.45, 2.75) is 58.2 Å². The molecule has 0 N–H and O–H groups in total. The molecule has 2 aliphatic carbocycles. The smallest absolute Gasteiger partial charge is 0.263 e. The summed E-state index contributed by atoms with van der Waals surface area (Å²) in [7, 11) is 0. The summed E-state index contributed by atoms with van der Waals surface area (Å²) in [6.07, 6.45) is 1.56. The molecular formula is C20H19ClFN3O4. The topological polar surface area (TPSA) is 99.8 Å². The van der Waals surface area contributed by atoms with Crippen molar-refractivity contribution in [3.63, 3.8) is 0 Å². The second-order valence-corrected chi connectivity index (χ2v) is 7.39. The molecule has 0 bridgehead atoms. The van der Waals surface area contributed by atoms with Crippen molar-refractivity contribution in [3.05, 3.63) is 33.5 Å². The van der Waals surface area contributed by atoms with Gasteiger partial charge >= 0.3 is 0 Å². The molecule has 2 atom stereocenters. The number of hydrogen-bond donors (Lipinski definition) is 0. The van der Waals surface area contributed by atoms with Gasteiger partial charge in [-0.1, -0.05) is 23.7 Å². The molecule has 152 valence electrons. The van der Waals surface area contributed by atoms with Crippen LogP contribution in [0.1, 0.15) is 46.0 Å². The Kier molecular flexibility index (Phi) is 5.99. The Hall–Kier alpha value is -2.79. The van der Waals surface area contributed by atoms with Crippen molar-refractivity contribution in [1.82, 2.24) is 4.90 Å². The zero-order chi connectivity index (χ0) is 21.3. The number of oxime groups is 1. The molecule has 3 rings (SSSR count). The molecule has 29 heavy (non-hydrogen) atoms. The highest BCUT2D eigenvalue weighted by molar-refractivity contribution is 6.47. The zero-order valence-corrected chi connectivity index (χ0v) is 16.8. The second kappa shape index (κ2) is 8.29. The standard InChI is InChI=1S/C20H19ClFN3O4/c1-3-10(2)29-24-18-16(21)13(15(26)9-23)8-14(17(18)22)25-19(27)11-6-4-5-7-12(11)20(25)28/h8,10,17H,3-7H2,1-2H3. The number of allylic oxidation sites excluding steroid dienone is 4. The lowest BCUT2D eigenvalue weighted by atomic mass is 9.93. The van der Waals surface area contributed by atoms with E-state index in [0.29, 0.717) is 30.4 Å². The van der Waals surface area contributed by atoms with Crippen LogP contribution >= 0.6 is 11.6 Å². The first-order valence-corrected chi connectivity index (χ1v) is 9.74. The van der Waals surface area contributed by atoms with Crippen LogP contribution in [0.3, 0.4) is 0 Å². The average molecular weight is 420 g/mol. The van der Waals surface area contributed by atoms with Crippen molar-refractivity contribution in [3.8, 4) is 6.07 Å². The molecule has 2 amide bonds. The van der Waals surface area contributed by atoms with Crippen LogP contribution in [-0.2, 0) is 19.2 Å². The largest absolute Gasteiger partial charge is 0.392 e. The highest BCUT2D eigenvalue weighted by Crippen LogP contribution is 2.38. The molecule has 0 aromatic carbocycles. The van der Waals surface area contributed by atoms with Crippen LogP contribution in [0, 0.1) is 11.3 Å². The van der Waals surface area contributed by atoms with E-state index in [9.17, 15) is 14.4 Å². The summed E-state index contributed by atoms with van der Waals surface area (Å²) in [4.78, 5) is 43.6. The average Bonchev–Trinajstić information content (AvgIpc) is 2.98. The predicted molar refractivity (Wildman–Crippen MR) is 102 cm³/mol. The van der Waals surface area contributed by atoms with Crippen LogP contribution in [0.25, 0.3) is 0 Å². The molecule has 2 unspecified atom stereocenters. The third-order valence-corrected chi connectivity index (χ3v) is 5.55. The van der Waals surface area contributed by atoms with Crippen LogP contribution in [0.15, 0.2) is 38.7 Å². The fourth-order valence-corrected chi connectivity index (χ4v) is 3.63. The summed E-state index contributed by atoms with van der Waals surface area (Å²) in [5.41, 5.74) is -0.428. The lowest BCUT2D eigenvalue weighted by Crippen LogP contribution is -2.40. The Morgan fingerprint density at radius 2 is 1.97 bits per heavy atom. The van der Waals surface area contributed by atoms with E-state index in [4.69, 9.17) is 21.7 Å². The summed E-state index contributed by atoms with van der Waals surface area (Å²) in [5.74, 6) is -2.25. The van der Waals surface area contributed by atoms with Crippen molar-refractivity contribution in [2.75, 3.05) is 0 Å². The van der Waals surface area contributed by atoms with Gasteiger partial charge in [-0.25, -0.2) is 9.29 Å². The van der Waals surface area contributed by atoms with Crippen molar-refractivity contribution in [2.24, 2.45) is 5.16 Å². The van der Waals surface area contributed by atoms with Gasteiger partial charge < -0.3 is 4.84 Å². The first kappa shape index (κ1) is 20.9. The molecule has 1 heterocycles. The number of imide groups is 1. The van der Waals surface area contributed by atoms with E-state index in [-0.39, 0.29) is 22.4 Å². The summed E-state index contributed by atoms with van der Waals surface area (Å²) in [6, 6.07) is 1.42. The summed E-state index contributed by atoms with van der Waals surface area (Å²) in [6.45, 7) is 3.55. The van der Waals surface area contributed by atoms with Gasteiger partial charge in [-0.05, 0) is 45.1 Å². The Morgan fingerprint density at radius 1 is 1.38 bits per heavy atom. The molecule has 0 saturated heterocycles. The number of rotatable bonds is 5. The summed E-state index contributed by atoms with van der Waals surface area (Å²) in [5, 5.41) is 12.3. The van der Waals surface area contributed by atoms with Crippen LogP contribution in [0.5, 0.6) is 0 Å². The molecule has 0 radical (unpaired) electrons. The van der Waals surface area contributed by atoms with Gasteiger partial charge in [0.1, 0.15) is 17.9 Å². The Morgan fingerprint density at radius 3 is 2.48 bits per heavy atom. The summed E-state index contributed by atoms with van der Waals surface area (Å²) >= 11 is 6.12. The lowest BCUT2D eigenvalue weighted by molar-refractivity contribution is -0.135. The predicted octanol–water partition coefficient (Wildman–Crippen LogP) is 3.22. The van der Waals surface area contributed by atoms with Gasteiger partial charge in [0, 0.05) is 11.1 Å². The molecular weight excluding hydrogens is 401 g/mol. The van der Waals surface area contributed by atoms with Gasteiger partial charge in [0.05, 0.1) is 16.3 Å². The minimum atomic E-state index is -2.07. The highest BCUT2D eigenvalue weighted by Gasteiger charge is 2.45. The first-order valence-electron chi connectivity index (χ1n) is 9.36. The van der Waals surface area contributed by atoms with E-state index >= 15 is 4.39 Å². The quantitative estimate of drug-likeness (QED) is 0.387. The SMILES string of the molecule is CCC(C)ON=C1C(Cl)=C(C(=O)C#N)C=C(N2C(=O)C3=C(CCCC3)C2=O)C1F. The Labute approximate surface area is 172 Å². The zero-order valence-electron chi connectivity index (χ0n) is 16.0. The molecule has 1 aliphatic heterocycles. The molecule has 7 nitrogen and oxygen atoms in total. The van der Waals surface area contributed by atoms with Crippen molar-refractivity contribution in [1.29, 1.82) is 5.26 Å². The van der Waals surface area contributed by atoms with Crippen LogP contribution in [0.4, 0.5) is 4.39 Å². The fraction of sp³-hybridized carbons (Fsp3) is 0.450. The second-order valence-electron chi connectivity index (χ2n) is 7.01. The van der Waals surface area contributed by atoms with Gasteiger partial charge in [-0.3, -0.25) is 14.4 Å². The maximum absolute atomic E-state index is 15.4. The van der Waals surface area contributed by atoms with E-state index in [2.05, 4.69) is 5.16 Å². The molecule has 0 fully saturated rings. The van der Waals surface area contributed by atoms with E-state index in [1.165, 1.54) is 6.07 Å². The highest BCUT2D eigenvalue weighted by atomic mass is 35.5. The van der Waals surface area contributed by atoms with E-state index in [0.717, 1.165) is 23.8 Å². The molecule has 9 heteroatoms. The Balaban J connectivity index is 2.06.